The summed E-state index contributed by atoms with van der Waals surface area (Å²) in [6.45, 7) is 3.12. The number of hydrogen-bond donors (Lipinski definition) is 0. The predicted molar refractivity (Wildman–Crippen MR) is 83.9 cm³/mol. The van der Waals surface area contributed by atoms with Crippen LogP contribution in [0, 0.1) is 6.92 Å². The Hall–Kier alpha value is -1.49. The molecule has 1 aromatic carbocycles. The van der Waals surface area contributed by atoms with Crippen molar-refractivity contribution in [1.29, 1.82) is 0 Å². The van der Waals surface area contributed by atoms with Gasteiger partial charge < -0.3 is 9.80 Å². The number of benzene rings is 1. The number of aryl methyl sites for hydroxylation is 1. The number of hydrogen-bond acceptors (Lipinski definition) is 3. The second kappa shape index (κ2) is 6.10. The van der Waals surface area contributed by atoms with Crippen LogP contribution in [0.1, 0.15) is 30.0 Å². The van der Waals surface area contributed by atoms with E-state index >= 15 is 0 Å². The molecule has 2 heterocycles. The van der Waals surface area contributed by atoms with Crippen molar-refractivity contribution in [2.24, 2.45) is 0 Å². The Labute approximate surface area is 129 Å². The van der Waals surface area contributed by atoms with E-state index in [1.165, 1.54) is 11.1 Å². The first-order chi connectivity index (χ1) is 10.2. The van der Waals surface area contributed by atoms with Crippen molar-refractivity contribution in [2.75, 3.05) is 24.7 Å². The molecule has 4 nitrogen and oxygen atoms in total. The van der Waals surface area contributed by atoms with Gasteiger partial charge in [0.1, 0.15) is 6.54 Å². The van der Waals surface area contributed by atoms with Crippen LogP contribution in [0.3, 0.4) is 0 Å². The summed E-state index contributed by atoms with van der Waals surface area (Å²) in [5, 5.41) is 0. The average Bonchev–Trinajstić information content (AvgIpc) is 3.09. The van der Waals surface area contributed by atoms with Crippen LogP contribution >= 0.6 is 11.8 Å². The molecule has 0 N–H and O–H groups in total. The van der Waals surface area contributed by atoms with Gasteiger partial charge in [-0.1, -0.05) is 24.3 Å². The fourth-order valence-electron chi connectivity index (χ4n) is 3.14. The third kappa shape index (κ3) is 2.93. The highest BCUT2D eigenvalue weighted by atomic mass is 32.2. The van der Waals surface area contributed by atoms with E-state index in [9.17, 15) is 9.59 Å². The number of amides is 2. The minimum absolute atomic E-state index is 0.0802. The van der Waals surface area contributed by atoms with E-state index in [0.717, 1.165) is 19.4 Å². The molecule has 0 aliphatic carbocycles. The van der Waals surface area contributed by atoms with Crippen LogP contribution in [-0.4, -0.2) is 46.3 Å². The van der Waals surface area contributed by atoms with Crippen LogP contribution in [-0.2, 0) is 9.59 Å². The first kappa shape index (κ1) is 14.4. The topological polar surface area (TPSA) is 40.6 Å². The summed E-state index contributed by atoms with van der Waals surface area (Å²) >= 11 is 1.58. The Bertz CT molecular complexity index is 561. The molecule has 0 radical (unpaired) electrons. The lowest BCUT2D eigenvalue weighted by molar-refractivity contribution is -0.138. The fraction of sp³-hybridized carbons (Fsp3) is 0.500. The molecule has 112 valence electrons. The summed E-state index contributed by atoms with van der Waals surface area (Å²) in [5.74, 6) is 1.32. The van der Waals surface area contributed by atoms with Crippen LogP contribution in [0.4, 0.5) is 0 Å². The standard InChI is InChI=1S/C16H20N2O2S/c1-12-5-2-3-6-13(12)14-7-4-8-18(14)15(19)9-17-11-21-10-16(17)20/h2-3,5-6,14H,4,7-11H2,1H3/t14-/m1/s1. The smallest absolute Gasteiger partial charge is 0.242 e. The molecule has 0 aromatic heterocycles. The maximum atomic E-state index is 12.6. The largest absolute Gasteiger partial charge is 0.334 e. The van der Waals surface area contributed by atoms with E-state index < -0.39 is 0 Å². The molecule has 2 saturated heterocycles. The highest BCUT2D eigenvalue weighted by molar-refractivity contribution is 8.00. The number of nitrogens with zero attached hydrogens (tertiary/aromatic N) is 2. The predicted octanol–water partition coefficient (Wildman–Crippen LogP) is 2.19. The normalized spacial score (nSPS) is 22.1. The van der Waals surface area contributed by atoms with Gasteiger partial charge in [-0.25, -0.2) is 0 Å². The SMILES string of the molecule is Cc1ccccc1[C@H]1CCCN1C(=O)CN1CSCC1=O. The molecule has 2 aliphatic rings. The van der Waals surface area contributed by atoms with Gasteiger partial charge in [0.05, 0.1) is 17.7 Å². The van der Waals surface area contributed by atoms with Crippen molar-refractivity contribution < 1.29 is 9.59 Å². The minimum Gasteiger partial charge on any atom is -0.334 e. The lowest BCUT2D eigenvalue weighted by Crippen LogP contribution is -2.40. The number of rotatable bonds is 3. The lowest BCUT2D eigenvalue weighted by atomic mass is 9.99. The van der Waals surface area contributed by atoms with Crippen molar-refractivity contribution in [3.05, 3.63) is 35.4 Å². The van der Waals surface area contributed by atoms with E-state index in [-0.39, 0.29) is 24.4 Å². The summed E-state index contributed by atoms with van der Waals surface area (Å²) in [4.78, 5) is 27.9. The first-order valence-corrected chi connectivity index (χ1v) is 8.53. The molecule has 21 heavy (non-hydrogen) atoms. The Morgan fingerprint density at radius 3 is 2.90 bits per heavy atom. The Kier molecular flexibility index (Phi) is 4.19. The molecule has 1 aromatic rings. The molecule has 0 spiro atoms. The monoisotopic (exact) mass is 304 g/mol. The van der Waals surface area contributed by atoms with Gasteiger partial charge in [-0.2, -0.15) is 0 Å². The van der Waals surface area contributed by atoms with Gasteiger partial charge in [0.2, 0.25) is 11.8 Å². The van der Waals surface area contributed by atoms with Crippen LogP contribution in [0.25, 0.3) is 0 Å². The zero-order chi connectivity index (χ0) is 14.8. The van der Waals surface area contributed by atoms with Crippen molar-refractivity contribution in [3.8, 4) is 0 Å². The first-order valence-electron chi connectivity index (χ1n) is 7.37. The van der Waals surface area contributed by atoms with Crippen LogP contribution in [0.5, 0.6) is 0 Å². The maximum absolute atomic E-state index is 12.6. The zero-order valence-electron chi connectivity index (χ0n) is 12.2. The van der Waals surface area contributed by atoms with Gasteiger partial charge in [0.15, 0.2) is 0 Å². The van der Waals surface area contributed by atoms with E-state index in [4.69, 9.17) is 0 Å². The molecule has 0 unspecified atom stereocenters. The molecule has 0 saturated carbocycles. The highest BCUT2D eigenvalue weighted by Gasteiger charge is 2.33. The minimum atomic E-state index is 0.0802. The molecule has 5 heteroatoms. The van der Waals surface area contributed by atoms with Crippen molar-refractivity contribution in [3.63, 3.8) is 0 Å². The second-order valence-corrected chi connectivity index (χ2v) is 6.63. The third-order valence-electron chi connectivity index (χ3n) is 4.27. The highest BCUT2D eigenvalue weighted by Crippen LogP contribution is 2.33. The van der Waals surface area contributed by atoms with Crippen molar-refractivity contribution in [1.82, 2.24) is 9.80 Å². The van der Waals surface area contributed by atoms with Gasteiger partial charge in [-0.3, -0.25) is 9.59 Å². The third-order valence-corrected chi connectivity index (χ3v) is 5.22. The number of carbonyl (C=O) groups excluding carboxylic acids is 2. The number of carbonyl (C=O) groups is 2. The zero-order valence-corrected chi connectivity index (χ0v) is 13.1. The summed E-state index contributed by atoms with van der Waals surface area (Å²) < 4.78 is 0. The van der Waals surface area contributed by atoms with Crippen LogP contribution in [0.2, 0.25) is 0 Å². The van der Waals surface area contributed by atoms with Gasteiger partial charge >= 0.3 is 0 Å². The van der Waals surface area contributed by atoms with E-state index in [1.807, 2.05) is 17.0 Å². The van der Waals surface area contributed by atoms with Gasteiger partial charge in [-0.15, -0.1) is 11.8 Å². The quantitative estimate of drug-likeness (QED) is 0.859. The molecule has 2 aliphatic heterocycles. The van der Waals surface area contributed by atoms with E-state index in [2.05, 4.69) is 19.1 Å². The Morgan fingerprint density at radius 2 is 2.19 bits per heavy atom. The Balaban J connectivity index is 1.73. The Morgan fingerprint density at radius 1 is 1.38 bits per heavy atom. The fourth-order valence-corrected chi connectivity index (χ4v) is 4.05. The van der Waals surface area contributed by atoms with Crippen LogP contribution in [0.15, 0.2) is 24.3 Å². The molecule has 2 amide bonds. The summed E-state index contributed by atoms with van der Waals surface area (Å²) in [6, 6.07) is 8.44. The van der Waals surface area contributed by atoms with Crippen molar-refractivity contribution >= 4 is 23.6 Å². The van der Waals surface area contributed by atoms with Gasteiger partial charge in [0, 0.05) is 6.54 Å². The number of thioether (sulfide) groups is 1. The summed E-state index contributed by atoms with van der Waals surface area (Å²) in [6.07, 6.45) is 2.05. The molecule has 2 fully saturated rings. The molecule has 0 bridgehead atoms. The van der Waals surface area contributed by atoms with Crippen molar-refractivity contribution in [2.45, 2.75) is 25.8 Å². The number of likely N-dealkylation sites (tertiary alicyclic amines) is 1. The summed E-state index contributed by atoms with van der Waals surface area (Å²) in [7, 11) is 0. The van der Waals surface area contributed by atoms with E-state index in [1.54, 1.807) is 16.7 Å². The van der Waals surface area contributed by atoms with Gasteiger partial charge in [-0.05, 0) is 30.9 Å². The summed E-state index contributed by atoms with van der Waals surface area (Å²) in [5.41, 5.74) is 2.47. The van der Waals surface area contributed by atoms with Crippen LogP contribution < -0.4 is 0 Å². The second-order valence-electron chi connectivity index (χ2n) is 5.67. The van der Waals surface area contributed by atoms with E-state index in [0.29, 0.717) is 11.6 Å². The molecular weight excluding hydrogens is 284 g/mol. The molecular formula is C16H20N2O2S. The lowest BCUT2D eigenvalue weighted by Gasteiger charge is -2.28. The average molecular weight is 304 g/mol. The molecule has 3 rings (SSSR count). The van der Waals surface area contributed by atoms with Gasteiger partial charge in [0.25, 0.3) is 0 Å². The molecule has 1 atom stereocenters. The maximum Gasteiger partial charge on any atom is 0.242 e.